The Morgan fingerprint density at radius 1 is 1.00 bits per heavy atom. The van der Waals surface area contributed by atoms with Crippen LogP contribution in [0.1, 0.15) is 18.1 Å². The van der Waals surface area contributed by atoms with Crippen molar-refractivity contribution < 1.29 is 9.47 Å². The molecule has 0 fully saturated rings. The quantitative estimate of drug-likeness (QED) is 0.497. The standard InChI is InChI=1S/C25H24N2O2/c1-3-29-22-10-6-9-19(25(22)28-2)24-20-15-26-14-13-18(20)23-17-8-5-4-7-16(17)11-12-21(23)27-24/h4-12,26H,3,13-15H2,1-2H3. The molecule has 0 spiro atoms. The molecule has 4 nitrogen and oxygen atoms in total. The minimum atomic E-state index is 0.594. The molecular formula is C25H24N2O2. The number of para-hydroxylation sites is 1. The van der Waals surface area contributed by atoms with Gasteiger partial charge in [0.2, 0.25) is 0 Å². The molecule has 0 aliphatic carbocycles. The molecular weight excluding hydrogens is 360 g/mol. The number of nitrogens with zero attached hydrogens (tertiary/aromatic N) is 1. The van der Waals surface area contributed by atoms with Gasteiger partial charge in [-0.15, -0.1) is 0 Å². The van der Waals surface area contributed by atoms with Crippen molar-refractivity contribution in [3.8, 4) is 22.8 Å². The van der Waals surface area contributed by atoms with E-state index < -0.39 is 0 Å². The summed E-state index contributed by atoms with van der Waals surface area (Å²) in [5.74, 6) is 1.50. The summed E-state index contributed by atoms with van der Waals surface area (Å²) in [6.07, 6.45) is 0.989. The van der Waals surface area contributed by atoms with Gasteiger partial charge in [0.1, 0.15) is 0 Å². The van der Waals surface area contributed by atoms with Crippen LogP contribution >= 0.6 is 0 Å². The fourth-order valence-corrected chi connectivity index (χ4v) is 4.45. The predicted octanol–water partition coefficient (Wildman–Crippen LogP) is 5.11. The van der Waals surface area contributed by atoms with Gasteiger partial charge in [-0.1, -0.05) is 36.4 Å². The second-order valence-corrected chi connectivity index (χ2v) is 7.30. The van der Waals surface area contributed by atoms with Gasteiger partial charge in [-0.25, -0.2) is 4.98 Å². The number of rotatable bonds is 4. The number of ether oxygens (including phenoxy) is 2. The van der Waals surface area contributed by atoms with Crippen molar-refractivity contribution in [1.29, 1.82) is 0 Å². The maximum Gasteiger partial charge on any atom is 0.170 e. The van der Waals surface area contributed by atoms with Gasteiger partial charge in [0.15, 0.2) is 11.5 Å². The Hall–Kier alpha value is -3.11. The number of methoxy groups -OCH3 is 1. The lowest BCUT2D eigenvalue weighted by Gasteiger charge is -2.24. The number of nitrogens with one attached hydrogen (secondary N) is 1. The van der Waals surface area contributed by atoms with Gasteiger partial charge in [-0.3, -0.25) is 0 Å². The maximum atomic E-state index is 5.81. The molecule has 0 bridgehead atoms. The molecule has 4 aromatic rings. The summed E-state index contributed by atoms with van der Waals surface area (Å²) >= 11 is 0. The Bertz CT molecular complexity index is 1220. The minimum Gasteiger partial charge on any atom is -0.492 e. The van der Waals surface area contributed by atoms with Gasteiger partial charge in [0, 0.05) is 17.5 Å². The van der Waals surface area contributed by atoms with Crippen LogP contribution in [0.2, 0.25) is 0 Å². The number of fused-ring (bicyclic) bond motifs is 5. The summed E-state index contributed by atoms with van der Waals surface area (Å²) < 4.78 is 11.6. The van der Waals surface area contributed by atoms with E-state index >= 15 is 0 Å². The Kier molecular flexibility index (Phi) is 4.57. The third-order valence-corrected chi connectivity index (χ3v) is 5.68. The largest absolute Gasteiger partial charge is 0.492 e. The summed E-state index contributed by atoms with van der Waals surface area (Å²) in [7, 11) is 1.70. The third kappa shape index (κ3) is 2.91. The van der Waals surface area contributed by atoms with E-state index in [1.807, 2.05) is 19.1 Å². The molecule has 1 aliphatic rings. The van der Waals surface area contributed by atoms with E-state index in [0.717, 1.165) is 47.8 Å². The monoisotopic (exact) mass is 384 g/mol. The molecule has 0 amide bonds. The van der Waals surface area contributed by atoms with E-state index in [2.05, 4.69) is 47.8 Å². The van der Waals surface area contributed by atoms with Gasteiger partial charge >= 0.3 is 0 Å². The van der Waals surface area contributed by atoms with E-state index in [0.29, 0.717) is 6.61 Å². The molecule has 2 heterocycles. The highest BCUT2D eigenvalue weighted by atomic mass is 16.5. The van der Waals surface area contributed by atoms with Crippen LogP contribution in [0.25, 0.3) is 32.9 Å². The predicted molar refractivity (Wildman–Crippen MR) is 118 cm³/mol. The van der Waals surface area contributed by atoms with E-state index in [1.54, 1.807) is 7.11 Å². The van der Waals surface area contributed by atoms with Crippen LogP contribution in [0.5, 0.6) is 11.5 Å². The molecule has 4 heteroatoms. The van der Waals surface area contributed by atoms with E-state index in [4.69, 9.17) is 14.5 Å². The smallest absolute Gasteiger partial charge is 0.170 e. The second kappa shape index (κ2) is 7.37. The Labute approximate surface area is 170 Å². The summed E-state index contributed by atoms with van der Waals surface area (Å²) in [6.45, 7) is 4.36. The van der Waals surface area contributed by atoms with Gasteiger partial charge < -0.3 is 14.8 Å². The first-order valence-electron chi connectivity index (χ1n) is 10.2. The van der Waals surface area contributed by atoms with Crippen molar-refractivity contribution in [2.75, 3.05) is 20.3 Å². The highest BCUT2D eigenvalue weighted by Crippen LogP contribution is 2.42. The number of aromatic nitrogens is 1. The Balaban J connectivity index is 1.85. The molecule has 3 aromatic carbocycles. The van der Waals surface area contributed by atoms with Gasteiger partial charge in [-0.2, -0.15) is 0 Å². The number of hydrogen-bond donors (Lipinski definition) is 1. The van der Waals surface area contributed by atoms with Crippen LogP contribution in [0, 0.1) is 0 Å². The van der Waals surface area contributed by atoms with Crippen LogP contribution in [-0.4, -0.2) is 25.2 Å². The molecule has 1 aliphatic heterocycles. The van der Waals surface area contributed by atoms with E-state index in [9.17, 15) is 0 Å². The van der Waals surface area contributed by atoms with Crippen molar-refractivity contribution in [3.05, 3.63) is 65.7 Å². The molecule has 0 atom stereocenters. The van der Waals surface area contributed by atoms with E-state index in [1.165, 1.54) is 27.3 Å². The first-order valence-corrected chi connectivity index (χ1v) is 10.2. The lowest BCUT2D eigenvalue weighted by Crippen LogP contribution is -2.25. The van der Waals surface area contributed by atoms with Crippen molar-refractivity contribution in [2.45, 2.75) is 19.9 Å². The van der Waals surface area contributed by atoms with Crippen molar-refractivity contribution >= 4 is 21.7 Å². The Morgan fingerprint density at radius 3 is 2.76 bits per heavy atom. The summed E-state index contributed by atoms with van der Waals surface area (Å²) in [5.41, 5.74) is 5.64. The zero-order valence-electron chi connectivity index (χ0n) is 16.8. The average molecular weight is 384 g/mol. The fraction of sp³-hybridized carbons (Fsp3) is 0.240. The maximum absolute atomic E-state index is 5.81. The number of hydrogen-bond acceptors (Lipinski definition) is 4. The fourth-order valence-electron chi connectivity index (χ4n) is 4.45. The molecule has 0 unspecified atom stereocenters. The van der Waals surface area contributed by atoms with Crippen LogP contribution in [0.3, 0.4) is 0 Å². The zero-order valence-corrected chi connectivity index (χ0v) is 16.8. The van der Waals surface area contributed by atoms with Crippen molar-refractivity contribution in [2.24, 2.45) is 0 Å². The van der Waals surface area contributed by atoms with Crippen molar-refractivity contribution in [1.82, 2.24) is 10.3 Å². The molecule has 5 rings (SSSR count). The van der Waals surface area contributed by atoms with Gasteiger partial charge in [0.25, 0.3) is 0 Å². The molecule has 0 saturated heterocycles. The third-order valence-electron chi connectivity index (χ3n) is 5.68. The first-order chi connectivity index (χ1) is 14.3. The SMILES string of the molecule is CCOc1cccc(-c2nc3ccc4ccccc4c3c3c2CNCC3)c1OC. The van der Waals surface area contributed by atoms with Crippen LogP contribution in [0.15, 0.2) is 54.6 Å². The van der Waals surface area contributed by atoms with E-state index in [-0.39, 0.29) is 0 Å². The molecule has 0 radical (unpaired) electrons. The van der Waals surface area contributed by atoms with Crippen LogP contribution in [0.4, 0.5) is 0 Å². The number of pyridine rings is 1. The summed E-state index contributed by atoms with van der Waals surface area (Å²) in [4.78, 5) is 5.14. The molecule has 0 saturated carbocycles. The van der Waals surface area contributed by atoms with Crippen molar-refractivity contribution in [3.63, 3.8) is 0 Å². The molecule has 146 valence electrons. The summed E-state index contributed by atoms with van der Waals surface area (Å²) in [5, 5.41) is 7.34. The topological polar surface area (TPSA) is 43.4 Å². The zero-order chi connectivity index (χ0) is 19.8. The normalized spacial score (nSPS) is 13.4. The van der Waals surface area contributed by atoms with Crippen LogP contribution < -0.4 is 14.8 Å². The Morgan fingerprint density at radius 2 is 1.90 bits per heavy atom. The average Bonchev–Trinajstić information content (AvgIpc) is 2.78. The molecule has 29 heavy (non-hydrogen) atoms. The minimum absolute atomic E-state index is 0.594. The van der Waals surface area contributed by atoms with Crippen LogP contribution in [-0.2, 0) is 13.0 Å². The first kappa shape index (κ1) is 18.0. The molecule has 1 aromatic heterocycles. The lowest BCUT2D eigenvalue weighted by molar-refractivity contribution is 0.311. The van der Waals surface area contributed by atoms with Gasteiger partial charge in [0.05, 0.1) is 24.9 Å². The van der Waals surface area contributed by atoms with Gasteiger partial charge in [-0.05, 0) is 60.0 Å². The molecule has 1 N–H and O–H groups in total. The lowest BCUT2D eigenvalue weighted by atomic mass is 9.90. The summed E-state index contributed by atoms with van der Waals surface area (Å²) in [6, 6.07) is 18.9. The highest BCUT2D eigenvalue weighted by Gasteiger charge is 2.23. The number of benzene rings is 3. The highest BCUT2D eigenvalue weighted by molar-refractivity contribution is 6.09. The second-order valence-electron chi connectivity index (χ2n) is 7.30.